The molecule has 0 radical (unpaired) electrons. The summed E-state index contributed by atoms with van der Waals surface area (Å²) in [7, 11) is 0. The number of Topliss-reactive ketones (excluding diaryl/α,β-unsaturated/α-hetero) is 1. The van der Waals surface area contributed by atoms with E-state index < -0.39 is 0 Å². The van der Waals surface area contributed by atoms with E-state index in [0.717, 1.165) is 11.8 Å². The Morgan fingerprint density at radius 1 is 1.56 bits per heavy atom. The second-order valence-corrected chi connectivity index (χ2v) is 3.17. The zero-order chi connectivity index (χ0) is 6.15. The summed E-state index contributed by atoms with van der Waals surface area (Å²) in [5.74, 6) is 0.0694. The molecule has 0 aromatic rings. The minimum atomic E-state index is -0.0810. The fourth-order valence-corrected chi connectivity index (χ4v) is 1.43. The predicted molar refractivity (Wildman–Crippen MR) is 38.4 cm³/mol. The predicted octanol–water partition coefficient (Wildman–Crippen LogP) is 1.24. The van der Waals surface area contributed by atoms with Gasteiger partial charge < -0.3 is 0 Å². The fraction of sp³-hybridized carbons (Fsp3) is 0.667. The Balaban J connectivity index is 0.000000640. The first-order valence-corrected chi connectivity index (χ1v) is 3.30. The van der Waals surface area contributed by atoms with E-state index >= 15 is 0 Å². The summed E-state index contributed by atoms with van der Waals surface area (Å²) in [6.45, 7) is 1.76. The van der Waals surface area contributed by atoms with Gasteiger partial charge in [0, 0.05) is 0 Å². The molecule has 0 aromatic heterocycles. The second-order valence-electron chi connectivity index (χ2n) is 1.78. The molecule has 1 atom stereocenters. The van der Waals surface area contributed by atoms with Crippen molar-refractivity contribution < 1.29 is 9.59 Å². The van der Waals surface area contributed by atoms with Crippen molar-refractivity contribution in [2.24, 2.45) is 0 Å². The Morgan fingerprint density at radius 3 is 2.22 bits per heavy atom. The lowest BCUT2D eigenvalue weighted by molar-refractivity contribution is -0.121. The average Bonchev–Trinajstić information content (AvgIpc) is 1.85. The summed E-state index contributed by atoms with van der Waals surface area (Å²) in [5.41, 5.74) is 0. The van der Waals surface area contributed by atoms with Gasteiger partial charge in [0.05, 0.1) is 11.7 Å². The van der Waals surface area contributed by atoms with Crippen LogP contribution in [0, 0.1) is 0 Å². The molecule has 1 heterocycles. The lowest BCUT2D eigenvalue weighted by atomic mass is 10.2. The molecule has 1 rings (SSSR count). The molecule has 0 bridgehead atoms. The van der Waals surface area contributed by atoms with Gasteiger partial charge in [-0.25, -0.2) is 0 Å². The topological polar surface area (TPSA) is 34.1 Å². The molecule has 0 amide bonds. The minimum Gasteiger partial charge on any atom is -0.298 e. The Morgan fingerprint density at radius 2 is 2.11 bits per heavy atom. The first-order valence-electron chi connectivity index (χ1n) is 2.42. The van der Waals surface area contributed by atoms with Crippen molar-refractivity contribution in [1.29, 1.82) is 0 Å². The molecule has 1 unspecified atom stereocenters. The van der Waals surface area contributed by atoms with Gasteiger partial charge in [-0.3, -0.25) is 9.59 Å². The highest BCUT2D eigenvalue weighted by Crippen LogP contribution is 2.23. The maximum atomic E-state index is 10.5. The van der Waals surface area contributed by atoms with E-state index in [9.17, 15) is 9.59 Å². The van der Waals surface area contributed by atoms with E-state index in [1.165, 1.54) is 0 Å². The molecular weight excluding hydrogens is 136 g/mol. The van der Waals surface area contributed by atoms with Crippen LogP contribution in [0.4, 0.5) is 0 Å². The van der Waals surface area contributed by atoms with Crippen LogP contribution in [0.2, 0.25) is 0 Å². The van der Waals surface area contributed by atoms with Crippen LogP contribution in [-0.2, 0) is 9.59 Å². The molecule has 1 fully saturated rings. The molecule has 0 N–H and O–H groups in total. The molecule has 3 heteroatoms. The number of ketones is 1. The van der Waals surface area contributed by atoms with Gasteiger partial charge in [0.15, 0.2) is 10.9 Å². The summed E-state index contributed by atoms with van der Waals surface area (Å²) >= 11 is 1.14. The van der Waals surface area contributed by atoms with Crippen LogP contribution in [0.3, 0.4) is 0 Å². The molecule has 0 saturated carbocycles. The standard InChI is InChI=1S/C5H6O2S.CH4/c1-3-4(6)2-5(7)8-3;/h3H,2H2,1H3;1H4. The molecule has 0 aromatic carbocycles. The average molecular weight is 146 g/mol. The summed E-state index contributed by atoms with van der Waals surface area (Å²) in [6, 6.07) is 0. The number of thioether (sulfide) groups is 1. The number of hydrogen-bond acceptors (Lipinski definition) is 3. The normalized spacial score (nSPS) is 26.1. The molecule has 1 aliphatic heterocycles. The third-order valence-corrected chi connectivity index (χ3v) is 2.10. The Hall–Kier alpha value is -0.310. The lowest BCUT2D eigenvalue weighted by Crippen LogP contribution is -2.03. The van der Waals surface area contributed by atoms with E-state index in [1.807, 2.05) is 0 Å². The highest BCUT2D eigenvalue weighted by molar-refractivity contribution is 8.15. The smallest absolute Gasteiger partial charge is 0.197 e. The second kappa shape index (κ2) is 3.01. The van der Waals surface area contributed by atoms with Crippen LogP contribution in [0.25, 0.3) is 0 Å². The van der Waals surface area contributed by atoms with Crippen LogP contribution in [0.15, 0.2) is 0 Å². The first-order chi connectivity index (χ1) is 3.70. The summed E-state index contributed by atoms with van der Waals surface area (Å²) in [5, 5.41) is -0.0648. The van der Waals surface area contributed by atoms with Gasteiger partial charge in [-0.2, -0.15) is 0 Å². The monoisotopic (exact) mass is 146 g/mol. The summed E-state index contributed by atoms with van der Waals surface area (Å²) < 4.78 is 0. The number of carbonyl (C=O) groups excluding carboxylic acids is 2. The van der Waals surface area contributed by atoms with Crippen molar-refractivity contribution in [3.63, 3.8) is 0 Å². The SMILES string of the molecule is C.CC1SC(=O)CC1=O. The highest BCUT2D eigenvalue weighted by atomic mass is 32.2. The van der Waals surface area contributed by atoms with Gasteiger partial charge in [0.25, 0.3) is 0 Å². The van der Waals surface area contributed by atoms with Crippen molar-refractivity contribution in [3.8, 4) is 0 Å². The van der Waals surface area contributed by atoms with Crippen LogP contribution in [0.5, 0.6) is 0 Å². The molecular formula is C6H10O2S. The third kappa shape index (κ3) is 1.82. The zero-order valence-corrected chi connectivity index (χ0v) is 5.33. The van der Waals surface area contributed by atoms with Crippen molar-refractivity contribution in [3.05, 3.63) is 0 Å². The van der Waals surface area contributed by atoms with Crippen molar-refractivity contribution >= 4 is 22.7 Å². The van der Waals surface area contributed by atoms with Crippen molar-refractivity contribution in [2.75, 3.05) is 0 Å². The van der Waals surface area contributed by atoms with Crippen LogP contribution in [-0.4, -0.2) is 16.1 Å². The number of hydrogen-bond donors (Lipinski definition) is 0. The summed E-state index contributed by atoms with van der Waals surface area (Å²) in [4.78, 5) is 20.9. The third-order valence-electron chi connectivity index (χ3n) is 1.08. The molecule has 1 saturated heterocycles. The first kappa shape index (κ1) is 8.69. The van der Waals surface area contributed by atoms with E-state index in [1.54, 1.807) is 6.92 Å². The van der Waals surface area contributed by atoms with E-state index in [2.05, 4.69) is 0 Å². The van der Waals surface area contributed by atoms with Crippen molar-refractivity contribution in [1.82, 2.24) is 0 Å². The van der Waals surface area contributed by atoms with E-state index in [-0.39, 0.29) is 30.0 Å². The Kier molecular flexibility index (Phi) is 2.91. The minimum absolute atomic E-state index is 0. The largest absolute Gasteiger partial charge is 0.298 e. The number of carbonyl (C=O) groups is 2. The van der Waals surface area contributed by atoms with Crippen LogP contribution >= 0.6 is 11.8 Å². The summed E-state index contributed by atoms with van der Waals surface area (Å²) in [6.07, 6.45) is 0.145. The van der Waals surface area contributed by atoms with Gasteiger partial charge in [-0.1, -0.05) is 19.2 Å². The highest BCUT2D eigenvalue weighted by Gasteiger charge is 2.27. The lowest BCUT2D eigenvalue weighted by Gasteiger charge is -1.89. The van der Waals surface area contributed by atoms with E-state index in [0.29, 0.717) is 0 Å². The quantitative estimate of drug-likeness (QED) is 0.482. The van der Waals surface area contributed by atoms with Gasteiger partial charge >= 0.3 is 0 Å². The maximum absolute atomic E-state index is 10.5. The fourth-order valence-electron chi connectivity index (χ4n) is 0.591. The van der Waals surface area contributed by atoms with Gasteiger partial charge in [0.1, 0.15) is 0 Å². The molecule has 2 nitrogen and oxygen atoms in total. The molecule has 0 aliphatic carbocycles. The molecule has 0 spiro atoms. The maximum Gasteiger partial charge on any atom is 0.197 e. The number of rotatable bonds is 0. The zero-order valence-electron chi connectivity index (χ0n) is 4.51. The van der Waals surface area contributed by atoms with Crippen molar-refractivity contribution in [2.45, 2.75) is 26.0 Å². The van der Waals surface area contributed by atoms with Gasteiger partial charge in [-0.15, -0.1) is 0 Å². The van der Waals surface area contributed by atoms with Gasteiger partial charge in [0.2, 0.25) is 0 Å². The van der Waals surface area contributed by atoms with E-state index in [4.69, 9.17) is 0 Å². The Bertz CT molecular complexity index is 142. The van der Waals surface area contributed by atoms with Gasteiger partial charge in [-0.05, 0) is 6.92 Å². The van der Waals surface area contributed by atoms with Crippen LogP contribution < -0.4 is 0 Å². The molecule has 9 heavy (non-hydrogen) atoms. The Labute approximate surface area is 59.0 Å². The molecule has 52 valence electrons. The van der Waals surface area contributed by atoms with Crippen LogP contribution in [0.1, 0.15) is 20.8 Å². The molecule has 1 aliphatic rings.